The molecule has 0 saturated heterocycles. The van der Waals surface area contributed by atoms with Crippen molar-refractivity contribution in [1.82, 2.24) is 4.98 Å². The van der Waals surface area contributed by atoms with E-state index in [2.05, 4.69) is 72.8 Å². The Balaban J connectivity index is 0.000000223. The number of fused-ring (bicyclic) bond motifs is 7. The number of allylic oxidation sites excluding steroid dienone is 2. The first kappa shape index (κ1) is 29.5. The summed E-state index contributed by atoms with van der Waals surface area (Å²) in [5, 5.41) is 18.2. The molecule has 0 spiro atoms. The molecular weight excluding hydrogens is 647 g/mol. The molecule has 1 heterocycles. The molecule has 4 aromatic carbocycles. The van der Waals surface area contributed by atoms with Gasteiger partial charge in [-0.05, 0) is 47.4 Å². The van der Waals surface area contributed by atoms with Gasteiger partial charge in [-0.2, -0.15) is 0 Å². The Kier molecular flexibility index (Phi) is 10.6. The monoisotopic (exact) mass is 683 g/mol. The average Bonchev–Trinajstić information content (AvgIpc) is 2.94. The molecule has 0 fully saturated rings. The first-order valence-corrected chi connectivity index (χ1v) is 13.5. The van der Waals surface area contributed by atoms with Gasteiger partial charge in [0.05, 0.1) is 5.76 Å². The van der Waals surface area contributed by atoms with E-state index in [0.717, 1.165) is 36.6 Å². The maximum atomic E-state index is 11.7. The molecule has 0 aliphatic heterocycles. The van der Waals surface area contributed by atoms with Crippen molar-refractivity contribution in [2.75, 3.05) is 0 Å². The molecule has 38 heavy (non-hydrogen) atoms. The van der Waals surface area contributed by atoms with Crippen LogP contribution in [0.2, 0.25) is 0 Å². The van der Waals surface area contributed by atoms with E-state index in [-0.39, 0.29) is 43.5 Å². The summed E-state index contributed by atoms with van der Waals surface area (Å²) in [4.78, 5) is 16.4. The molecule has 3 nitrogen and oxygen atoms in total. The van der Waals surface area contributed by atoms with E-state index in [4.69, 9.17) is 4.98 Å². The van der Waals surface area contributed by atoms with Crippen molar-refractivity contribution < 1.29 is 30.0 Å². The van der Waals surface area contributed by atoms with Gasteiger partial charge < -0.3 is 10.1 Å². The topological polar surface area (TPSA) is 50.2 Å². The molecule has 199 valence electrons. The Morgan fingerprint density at radius 3 is 1.97 bits per heavy atom. The van der Waals surface area contributed by atoms with Crippen LogP contribution in [0, 0.1) is 17.9 Å². The maximum absolute atomic E-state index is 11.7. The number of benzene rings is 4. The Labute approximate surface area is 239 Å². The number of aromatic nitrogens is 1. The second kappa shape index (κ2) is 13.6. The molecule has 0 unspecified atom stereocenters. The van der Waals surface area contributed by atoms with E-state index in [1.54, 1.807) is 0 Å². The number of nitrogens with zero attached hydrogens (tertiary/aromatic N) is 1. The summed E-state index contributed by atoms with van der Waals surface area (Å²) in [5.74, 6) is 0.547. The van der Waals surface area contributed by atoms with Crippen molar-refractivity contribution in [3.63, 3.8) is 0 Å². The molecule has 5 aromatic rings. The van der Waals surface area contributed by atoms with Gasteiger partial charge >= 0.3 is 0 Å². The number of ketones is 1. The van der Waals surface area contributed by atoms with Gasteiger partial charge in [-0.3, -0.25) is 4.79 Å². The van der Waals surface area contributed by atoms with E-state index in [1.807, 2.05) is 33.9 Å². The smallest absolute Gasteiger partial charge is 0.162 e. The number of aliphatic hydroxyl groups excluding tert-OH is 1. The molecule has 0 aliphatic carbocycles. The van der Waals surface area contributed by atoms with Crippen molar-refractivity contribution in [1.29, 1.82) is 0 Å². The summed E-state index contributed by atoms with van der Waals surface area (Å²) in [6.07, 6.45) is 6.86. The maximum Gasteiger partial charge on any atom is 0.162 e. The summed E-state index contributed by atoms with van der Waals surface area (Å²) in [7, 11) is 0. The third-order valence-corrected chi connectivity index (χ3v) is 7.47. The minimum absolute atomic E-state index is 0. The van der Waals surface area contributed by atoms with Crippen LogP contribution in [0.5, 0.6) is 0 Å². The van der Waals surface area contributed by atoms with E-state index in [9.17, 15) is 9.90 Å². The summed E-state index contributed by atoms with van der Waals surface area (Å²) in [6.45, 7) is 8.07. The number of aliphatic hydroxyl groups is 1. The minimum Gasteiger partial charge on any atom is -0.512 e. The zero-order chi connectivity index (χ0) is 26.4. The molecule has 1 aromatic heterocycles. The fraction of sp³-hybridized carbons (Fsp3) is 0.294. The number of pyridine rings is 1. The van der Waals surface area contributed by atoms with E-state index in [0.29, 0.717) is 0 Å². The second-order valence-electron chi connectivity index (χ2n) is 9.60. The van der Waals surface area contributed by atoms with Crippen molar-refractivity contribution in [2.45, 2.75) is 53.4 Å². The zero-order valence-electron chi connectivity index (χ0n) is 22.6. The number of carbonyl (C=O) groups excluding carboxylic acids is 1. The van der Waals surface area contributed by atoms with Crippen LogP contribution in [-0.4, -0.2) is 15.9 Å². The predicted octanol–water partition coefficient (Wildman–Crippen LogP) is 9.36. The Bertz CT molecular complexity index is 1470. The van der Waals surface area contributed by atoms with E-state index >= 15 is 0 Å². The third kappa shape index (κ3) is 6.14. The molecular formula is C34H36IrNO2-. The van der Waals surface area contributed by atoms with Gasteiger partial charge in [-0.15, -0.1) is 17.5 Å². The number of hydrogen-bond donors (Lipinski definition) is 1. The fourth-order valence-corrected chi connectivity index (χ4v) is 5.10. The van der Waals surface area contributed by atoms with Crippen LogP contribution in [0.15, 0.2) is 84.8 Å². The first-order valence-electron chi connectivity index (χ1n) is 13.5. The molecule has 0 bridgehead atoms. The molecule has 4 heteroatoms. The molecule has 1 radical (unpaired) electrons. The van der Waals surface area contributed by atoms with Gasteiger partial charge in [0.2, 0.25) is 0 Å². The molecule has 0 aliphatic rings. The minimum atomic E-state index is 0. The SMILES string of the molecule is CCC(CC)C(=O)/C=C(\O)C(CC)CC.[Ir].[c-]1cc2ccccc2c2ccc3c4ccccc4cnc3c12. The van der Waals surface area contributed by atoms with Gasteiger partial charge in [-0.25, -0.2) is 0 Å². The molecule has 5 rings (SSSR count). The summed E-state index contributed by atoms with van der Waals surface area (Å²) >= 11 is 0. The predicted molar refractivity (Wildman–Crippen MR) is 157 cm³/mol. The molecule has 0 saturated carbocycles. The summed E-state index contributed by atoms with van der Waals surface area (Å²) in [5.41, 5.74) is 1.03. The van der Waals surface area contributed by atoms with Crippen LogP contribution in [0.4, 0.5) is 0 Å². The van der Waals surface area contributed by atoms with Crippen LogP contribution in [0.25, 0.3) is 43.2 Å². The quantitative estimate of drug-likeness (QED) is 0.0806. The second-order valence-corrected chi connectivity index (χ2v) is 9.60. The number of rotatable bonds is 7. The Morgan fingerprint density at radius 2 is 1.34 bits per heavy atom. The standard InChI is InChI=1S/C21H12N.C13H24O2.Ir/c1-3-7-16-14(5-1)9-10-20-18(16)11-12-19-17-8-4-2-6-15(17)13-22-21(19)20;1-5-10(6-2)12(14)9-13(15)11(7-3)8-4;/h1-9,11-13H;9-11,14H,5-8H2,1-4H3;/q-1;;/b;12-9-;. The van der Waals surface area contributed by atoms with Crippen LogP contribution >= 0.6 is 0 Å². The van der Waals surface area contributed by atoms with E-state index in [1.165, 1.54) is 38.4 Å². The largest absolute Gasteiger partial charge is 0.512 e. The number of hydrogen-bond acceptors (Lipinski definition) is 3. The van der Waals surface area contributed by atoms with E-state index < -0.39 is 0 Å². The normalized spacial score (nSPS) is 11.7. The molecule has 1 N–H and O–H groups in total. The van der Waals surface area contributed by atoms with Crippen LogP contribution in [0.1, 0.15) is 53.4 Å². The van der Waals surface area contributed by atoms with Crippen LogP contribution in [0.3, 0.4) is 0 Å². The third-order valence-electron chi connectivity index (χ3n) is 7.47. The number of carbonyl (C=O) groups is 1. The van der Waals surface area contributed by atoms with Crippen LogP contribution in [-0.2, 0) is 24.9 Å². The molecule has 0 amide bonds. The summed E-state index contributed by atoms with van der Waals surface area (Å²) < 4.78 is 0. The fourth-order valence-electron chi connectivity index (χ4n) is 5.10. The van der Waals surface area contributed by atoms with Gasteiger partial charge in [0.25, 0.3) is 0 Å². The molecule has 0 atom stereocenters. The van der Waals surface area contributed by atoms with Crippen molar-refractivity contribution >= 4 is 49.0 Å². The Morgan fingerprint density at radius 1 is 0.789 bits per heavy atom. The van der Waals surface area contributed by atoms with Gasteiger partial charge in [0.1, 0.15) is 0 Å². The van der Waals surface area contributed by atoms with Gasteiger partial charge in [-0.1, -0.05) is 105 Å². The van der Waals surface area contributed by atoms with Gasteiger partial charge in [0.15, 0.2) is 5.78 Å². The average molecular weight is 683 g/mol. The van der Waals surface area contributed by atoms with Crippen molar-refractivity contribution in [3.05, 3.63) is 90.8 Å². The first-order chi connectivity index (χ1) is 18.0. The van der Waals surface area contributed by atoms with Crippen LogP contribution < -0.4 is 0 Å². The zero-order valence-corrected chi connectivity index (χ0v) is 25.0. The summed E-state index contributed by atoms with van der Waals surface area (Å²) in [6, 6.07) is 26.7. The Hall–Kier alpha value is -3.07. The van der Waals surface area contributed by atoms with Crippen molar-refractivity contribution in [3.8, 4) is 0 Å². The van der Waals surface area contributed by atoms with Gasteiger partial charge in [0, 0.05) is 44.2 Å². The van der Waals surface area contributed by atoms with Crippen molar-refractivity contribution in [2.24, 2.45) is 11.8 Å².